The second-order valence-corrected chi connectivity index (χ2v) is 6.10. The van der Waals surface area contributed by atoms with Crippen LogP contribution < -0.4 is 0 Å². The Kier molecular flexibility index (Phi) is 2.97. The fraction of sp³-hybridized carbons (Fsp3) is 0.250. The van der Waals surface area contributed by atoms with Gasteiger partial charge in [0, 0.05) is 29.0 Å². The average molecular weight is 352 g/mol. The maximum absolute atomic E-state index is 13.2. The van der Waals surface area contributed by atoms with Crippen LogP contribution in [0.2, 0.25) is 0 Å². The van der Waals surface area contributed by atoms with E-state index in [0.29, 0.717) is 23.6 Å². The van der Waals surface area contributed by atoms with Crippen molar-refractivity contribution in [2.24, 2.45) is 0 Å². The highest BCUT2D eigenvalue weighted by atomic mass is 19.4. The number of fused-ring (bicyclic) bond motifs is 5. The molecule has 2 N–H and O–H groups in total. The molecule has 6 nitrogen and oxygen atoms in total. The molecule has 2 bridgehead atoms. The topological polar surface area (TPSA) is 88.5 Å². The number of hydrogen-bond acceptors (Lipinski definition) is 4. The molecule has 1 aromatic carbocycles. The van der Waals surface area contributed by atoms with E-state index in [0.717, 1.165) is 16.7 Å². The Morgan fingerprint density at radius 3 is 2.16 bits per heavy atom. The zero-order valence-electron chi connectivity index (χ0n) is 12.5. The summed E-state index contributed by atoms with van der Waals surface area (Å²) in [7, 11) is 0. The lowest BCUT2D eigenvalue weighted by Gasteiger charge is -2.13. The van der Waals surface area contributed by atoms with E-state index in [9.17, 15) is 33.5 Å². The van der Waals surface area contributed by atoms with Gasteiger partial charge in [-0.15, -0.1) is 0 Å². The van der Waals surface area contributed by atoms with Gasteiger partial charge in [-0.3, -0.25) is 14.7 Å². The Morgan fingerprint density at radius 1 is 1.12 bits per heavy atom. The van der Waals surface area contributed by atoms with Crippen LogP contribution in [0.25, 0.3) is 5.69 Å². The second kappa shape index (κ2) is 4.78. The number of halogens is 3. The van der Waals surface area contributed by atoms with Crippen molar-refractivity contribution in [1.29, 1.82) is 0 Å². The van der Waals surface area contributed by atoms with Crippen molar-refractivity contribution in [3.63, 3.8) is 0 Å². The summed E-state index contributed by atoms with van der Waals surface area (Å²) < 4.78 is 40.4. The molecule has 2 aromatic rings. The molecule has 0 fully saturated rings. The lowest BCUT2D eigenvalue weighted by Crippen LogP contribution is -2.10. The first kappa shape index (κ1) is 15.6. The number of benzene rings is 1. The van der Waals surface area contributed by atoms with Gasteiger partial charge in [-0.05, 0) is 18.6 Å². The number of alkyl halides is 3. The van der Waals surface area contributed by atoms with Crippen LogP contribution in [0.5, 0.6) is 11.8 Å². The molecule has 0 aliphatic heterocycles. The average Bonchev–Trinajstić information content (AvgIpc) is 3.20. The molecule has 1 heterocycles. The maximum Gasteiger partial charge on any atom is 0.423 e. The van der Waals surface area contributed by atoms with E-state index < -0.39 is 22.4 Å². The Hall–Kier alpha value is -2.97. The van der Waals surface area contributed by atoms with Gasteiger partial charge in [0.1, 0.15) is 5.56 Å². The van der Waals surface area contributed by atoms with Crippen LogP contribution in [0, 0.1) is 10.1 Å². The lowest BCUT2D eigenvalue weighted by molar-refractivity contribution is -0.388. The van der Waals surface area contributed by atoms with Gasteiger partial charge in [-0.25, -0.2) is 0 Å². The molecule has 1 aromatic heterocycles. The minimum atomic E-state index is -4.94. The molecule has 0 saturated carbocycles. The van der Waals surface area contributed by atoms with Crippen molar-refractivity contribution in [2.45, 2.75) is 24.4 Å². The molecular formula is C16H11F3N2O4. The molecule has 2 aliphatic rings. The number of nitro groups is 1. The third-order valence-electron chi connectivity index (χ3n) is 4.76. The van der Waals surface area contributed by atoms with Crippen molar-refractivity contribution in [3.8, 4) is 17.4 Å². The molecule has 25 heavy (non-hydrogen) atoms. The second-order valence-electron chi connectivity index (χ2n) is 6.10. The summed E-state index contributed by atoms with van der Waals surface area (Å²) in [5.74, 6) is -0.864. The summed E-state index contributed by atoms with van der Waals surface area (Å²) in [6.07, 6.45) is -0.470. The summed E-state index contributed by atoms with van der Waals surface area (Å²) in [4.78, 5) is 9.73. The highest BCUT2D eigenvalue weighted by Gasteiger charge is 2.42. The Morgan fingerprint density at radius 2 is 1.68 bits per heavy atom. The van der Waals surface area contributed by atoms with Gasteiger partial charge < -0.3 is 10.2 Å². The van der Waals surface area contributed by atoms with Crippen molar-refractivity contribution >= 4 is 5.69 Å². The predicted octanol–water partition coefficient (Wildman–Crippen LogP) is 3.96. The number of rotatable bonds is 2. The number of aromatic hydroxyl groups is 2. The van der Waals surface area contributed by atoms with Crippen molar-refractivity contribution in [3.05, 3.63) is 57.2 Å². The van der Waals surface area contributed by atoms with Crippen molar-refractivity contribution < 1.29 is 28.3 Å². The van der Waals surface area contributed by atoms with E-state index in [1.165, 1.54) is 0 Å². The van der Waals surface area contributed by atoms with Gasteiger partial charge in [-0.1, -0.05) is 12.2 Å². The summed E-state index contributed by atoms with van der Waals surface area (Å²) in [5, 5.41) is 31.7. The Balaban J connectivity index is 1.92. The summed E-state index contributed by atoms with van der Waals surface area (Å²) in [6.45, 7) is 0. The minimum absolute atomic E-state index is 0.0905. The first-order valence-corrected chi connectivity index (χ1v) is 7.41. The smallest absolute Gasteiger partial charge is 0.423 e. The normalized spacial score (nSPS) is 20.9. The largest absolute Gasteiger partial charge is 0.494 e. The highest BCUT2D eigenvalue weighted by Crippen LogP contribution is 2.57. The predicted molar refractivity (Wildman–Crippen MR) is 80.0 cm³/mol. The molecule has 0 saturated heterocycles. The first-order chi connectivity index (χ1) is 11.7. The number of nitro benzene ring substituents is 1. The van der Waals surface area contributed by atoms with Gasteiger partial charge >= 0.3 is 6.18 Å². The van der Waals surface area contributed by atoms with E-state index >= 15 is 0 Å². The van der Waals surface area contributed by atoms with Gasteiger partial charge in [0.15, 0.2) is 0 Å². The lowest BCUT2D eigenvalue weighted by atomic mass is 10.0. The van der Waals surface area contributed by atoms with E-state index in [1.807, 2.05) is 12.2 Å². The van der Waals surface area contributed by atoms with E-state index in [1.54, 1.807) is 0 Å². The highest BCUT2D eigenvalue weighted by molar-refractivity contribution is 5.63. The van der Waals surface area contributed by atoms with E-state index in [2.05, 4.69) is 0 Å². The quantitative estimate of drug-likeness (QED) is 0.486. The molecular weight excluding hydrogens is 341 g/mol. The minimum Gasteiger partial charge on any atom is -0.494 e. The van der Waals surface area contributed by atoms with Crippen LogP contribution in [0.4, 0.5) is 18.9 Å². The standard InChI is InChI=1S/C16H11F3N2O4/c17-16(18,19)10-6-9(3-4-11(10)21(24)25)20-14(22)12-7-1-2-8(5-7)13(12)15(20)23/h1-4,6-8,22-23H,5H2. The number of nitrogens with zero attached hydrogens (tertiary/aromatic N) is 2. The zero-order valence-corrected chi connectivity index (χ0v) is 12.5. The van der Waals surface area contributed by atoms with Crippen molar-refractivity contribution in [2.75, 3.05) is 0 Å². The fourth-order valence-electron chi connectivity index (χ4n) is 3.73. The van der Waals surface area contributed by atoms with Crippen LogP contribution in [0.1, 0.15) is 34.9 Å². The summed E-state index contributed by atoms with van der Waals surface area (Å²) in [6, 6.07) is 2.34. The molecule has 2 unspecified atom stereocenters. The fourth-order valence-corrected chi connectivity index (χ4v) is 3.73. The number of allylic oxidation sites excluding steroid dienone is 2. The number of aromatic nitrogens is 1. The van der Waals surface area contributed by atoms with Gasteiger partial charge in [0.05, 0.1) is 10.6 Å². The van der Waals surface area contributed by atoms with E-state index in [-0.39, 0.29) is 29.3 Å². The van der Waals surface area contributed by atoms with Crippen molar-refractivity contribution in [1.82, 2.24) is 4.57 Å². The Labute approximate surface area is 138 Å². The molecule has 0 spiro atoms. The van der Waals surface area contributed by atoms with Gasteiger partial charge in [0.2, 0.25) is 11.8 Å². The Bertz CT molecular complexity index is 910. The third-order valence-corrected chi connectivity index (χ3v) is 4.76. The number of hydrogen-bond donors (Lipinski definition) is 2. The van der Waals surface area contributed by atoms with Crippen LogP contribution in [-0.4, -0.2) is 19.7 Å². The third kappa shape index (κ3) is 2.04. The van der Waals surface area contributed by atoms with Gasteiger partial charge in [-0.2, -0.15) is 13.2 Å². The monoisotopic (exact) mass is 352 g/mol. The molecule has 2 atom stereocenters. The molecule has 0 radical (unpaired) electrons. The van der Waals surface area contributed by atoms with Gasteiger partial charge in [0.25, 0.3) is 5.69 Å². The molecule has 130 valence electrons. The molecule has 0 amide bonds. The van der Waals surface area contributed by atoms with Crippen LogP contribution >= 0.6 is 0 Å². The van der Waals surface area contributed by atoms with E-state index in [4.69, 9.17) is 0 Å². The van der Waals surface area contributed by atoms with Crippen LogP contribution in [0.3, 0.4) is 0 Å². The maximum atomic E-state index is 13.2. The summed E-state index contributed by atoms with van der Waals surface area (Å²) >= 11 is 0. The summed E-state index contributed by atoms with van der Waals surface area (Å²) in [5.41, 5.74) is -1.73. The first-order valence-electron chi connectivity index (χ1n) is 7.41. The molecule has 2 aliphatic carbocycles. The zero-order chi connectivity index (χ0) is 18.1. The van der Waals surface area contributed by atoms with Crippen LogP contribution in [-0.2, 0) is 6.18 Å². The SMILES string of the molecule is O=[N+]([O-])c1ccc(-n2c(O)c3c(c2O)C2C=CC3C2)cc1C(F)(F)F. The molecule has 9 heteroatoms. The molecule has 4 rings (SSSR count). The van der Waals surface area contributed by atoms with Crippen LogP contribution in [0.15, 0.2) is 30.4 Å².